The van der Waals surface area contributed by atoms with E-state index in [0.717, 1.165) is 0 Å². The quantitative estimate of drug-likeness (QED) is 0.810. The van der Waals surface area contributed by atoms with Crippen LogP contribution in [0.1, 0.15) is 10.4 Å². The molecule has 0 aliphatic carbocycles. The van der Waals surface area contributed by atoms with Gasteiger partial charge in [-0.2, -0.15) is 0 Å². The van der Waals surface area contributed by atoms with Gasteiger partial charge in [-0.3, -0.25) is 9.59 Å². The standard InChI is InChI=1S/C13H8Cl3NO2/c14-9-3-1-8(2-4-9)12(18)7-17-6-10(15)5-11(16)13(17)19/h1-6H,7H2. The van der Waals surface area contributed by atoms with Crippen LogP contribution in [0, 0.1) is 0 Å². The number of benzene rings is 1. The van der Waals surface area contributed by atoms with Crippen molar-refractivity contribution >= 4 is 40.6 Å². The lowest BCUT2D eigenvalue weighted by Gasteiger charge is -2.06. The highest BCUT2D eigenvalue weighted by Gasteiger charge is 2.10. The molecule has 0 fully saturated rings. The Balaban J connectivity index is 2.29. The average Bonchev–Trinajstić information content (AvgIpc) is 2.36. The third kappa shape index (κ3) is 3.38. The van der Waals surface area contributed by atoms with Crippen LogP contribution in [0.15, 0.2) is 41.3 Å². The highest BCUT2D eigenvalue weighted by Crippen LogP contribution is 2.13. The first kappa shape index (κ1) is 14.1. The zero-order chi connectivity index (χ0) is 14.0. The molecule has 0 spiro atoms. The molecule has 3 nitrogen and oxygen atoms in total. The molecule has 2 aromatic rings. The van der Waals surface area contributed by atoms with Crippen molar-refractivity contribution in [3.05, 3.63) is 67.5 Å². The van der Waals surface area contributed by atoms with Crippen LogP contribution in [-0.4, -0.2) is 10.4 Å². The zero-order valence-corrected chi connectivity index (χ0v) is 11.8. The Bertz CT molecular complexity index is 677. The molecule has 0 saturated carbocycles. The number of Topliss-reactive ketones (excluding diaryl/α,β-unsaturated/α-hetero) is 1. The molecule has 0 aliphatic rings. The smallest absolute Gasteiger partial charge is 0.269 e. The second-order valence-corrected chi connectivity index (χ2v) is 5.15. The fraction of sp³-hybridized carbons (Fsp3) is 0.0769. The molecule has 0 bridgehead atoms. The van der Waals surface area contributed by atoms with Gasteiger partial charge in [0.25, 0.3) is 5.56 Å². The number of carbonyl (C=O) groups excluding carboxylic acids is 1. The third-order valence-corrected chi connectivity index (χ3v) is 3.22. The highest BCUT2D eigenvalue weighted by molar-refractivity contribution is 6.34. The van der Waals surface area contributed by atoms with E-state index in [1.165, 1.54) is 16.8 Å². The molecular formula is C13H8Cl3NO2. The molecule has 1 heterocycles. The lowest BCUT2D eigenvalue weighted by molar-refractivity contribution is 0.0971. The maximum atomic E-state index is 12.0. The third-order valence-electron chi connectivity index (χ3n) is 2.49. The molecule has 1 aromatic heterocycles. The second-order valence-electron chi connectivity index (χ2n) is 3.87. The maximum absolute atomic E-state index is 12.0. The molecule has 0 atom stereocenters. The molecule has 0 unspecified atom stereocenters. The summed E-state index contributed by atoms with van der Waals surface area (Å²) in [5.74, 6) is -0.225. The van der Waals surface area contributed by atoms with E-state index < -0.39 is 5.56 Å². The topological polar surface area (TPSA) is 39.1 Å². The van der Waals surface area contributed by atoms with Gasteiger partial charge in [-0.1, -0.05) is 34.8 Å². The number of pyridine rings is 1. The van der Waals surface area contributed by atoms with E-state index in [0.29, 0.717) is 15.6 Å². The highest BCUT2D eigenvalue weighted by atomic mass is 35.5. The van der Waals surface area contributed by atoms with E-state index in [1.807, 2.05) is 0 Å². The largest absolute Gasteiger partial charge is 0.305 e. The van der Waals surface area contributed by atoms with E-state index >= 15 is 0 Å². The van der Waals surface area contributed by atoms with Crippen molar-refractivity contribution in [1.82, 2.24) is 4.57 Å². The summed E-state index contributed by atoms with van der Waals surface area (Å²) in [5, 5.41) is 0.824. The number of rotatable bonds is 3. The molecule has 0 saturated heterocycles. The minimum Gasteiger partial charge on any atom is -0.305 e. The Labute approximate surface area is 124 Å². The van der Waals surface area contributed by atoms with Crippen LogP contribution in [0.4, 0.5) is 0 Å². The molecule has 1 aromatic carbocycles. The normalized spacial score (nSPS) is 10.5. The van der Waals surface area contributed by atoms with Crippen molar-refractivity contribution in [2.24, 2.45) is 0 Å². The first-order valence-electron chi connectivity index (χ1n) is 5.31. The second kappa shape index (κ2) is 5.78. The Morgan fingerprint density at radius 1 is 1.05 bits per heavy atom. The molecule has 6 heteroatoms. The lowest BCUT2D eigenvalue weighted by Crippen LogP contribution is -2.24. The van der Waals surface area contributed by atoms with E-state index in [1.54, 1.807) is 24.3 Å². The van der Waals surface area contributed by atoms with E-state index in [-0.39, 0.29) is 17.4 Å². The number of carbonyl (C=O) groups is 1. The summed E-state index contributed by atoms with van der Waals surface area (Å²) < 4.78 is 1.18. The van der Waals surface area contributed by atoms with Crippen molar-refractivity contribution in [2.45, 2.75) is 6.54 Å². The molecule has 0 amide bonds. The molecule has 0 aliphatic heterocycles. The van der Waals surface area contributed by atoms with Crippen LogP contribution in [-0.2, 0) is 6.54 Å². The molecule has 2 rings (SSSR count). The Kier molecular flexibility index (Phi) is 4.30. The summed E-state index contributed by atoms with van der Waals surface area (Å²) in [6, 6.07) is 7.77. The van der Waals surface area contributed by atoms with Gasteiger partial charge in [0.05, 0.1) is 11.6 Å². The molecule has 0 radical (unpaired) electrons. The summed E-state index contributed by atoms with van der Waals surface area (Å²) >= 11 is 17.3. The van der Waals surface area contributed by atoms with Crippen LogP contribution < -0.4 is 5.56 Å². The maximum Gasteiger partial charge on any atom is 0.269 e. The summed E-state index contributed by atoms with van der Waals surface area (Å²) in [5.41, 5.74) is 0.0146. The monoisotopic (exact) mass is 315 g/mol. The Morgan fingerprint density at radius 2 is 1.68 bits per heavy atom. The number of ketones is 1. The van der Waals surface area contributed by atoms with Crippen molar-refractivity contribution in [2.75, 3.05) is 0 Å². The van der Waals surface area contributed by atoms with E-state index in [4.69, 9.17) is 34.8 Å². The summed E-state index contributed by atoms with van der Waals surface area (Å²) in [4.78, 5) is 23.8. The number of aromatic nitrogens is 1. The summed E-state index contributed by atoms with van der Waals surface area (Å²) in [7, 11) is 0. The van der Waals surface area contributed by atoms with Crippen LogP contribution in [0.25, 0.3) is 0 Å². The van der Waals surface area contributed by atoms with Gasteiger partial charge in [-0.25, -0.2) is 0 Å². The van der Waals surface area contributed by atoms with Gasteiger partial charge in [0, 0.05) is 16.8 Å². The summed E-state index contributed by atoms with van der Waals surface area (Å²) in [6.07, 6.45) is 1.38. The van der Waals surface area contributed by atoms with Gasteiger partial charge in [0.1, 0.15) is 5.02 Å². The fourth-order valence-corrected chi connectivity index (χ4v) is 2.20. The van der Waals surface area contributed by atoms with Gasteiger partial charge in [0.15, 0.2) is 5.78 Å². The van der Waals surface area contributed by atoms with Gasteiger partial charge in [-0.15, -0.1) is 0 Å². The number of hydrogen-bond donors (Lipinski definition) is 0. The minimum absolute atomic E-state index is 0.0172. The van der Waals surface area contributed by atoms with Crippen molar-refractivity contribution in [1.29, 1.82) is 0 Å². The van der Waals surface area contributed by atoms with Crippen LogP contribution in [0.3, 0.4) is 0 Å². The average molecular weight is 317 g/mol. The molecule has 98 valence electrons. The minimum atomic E-state index is -0.451. The van der Waals surface area contributed by atoms with Crippen LogP contribution in [0.5, 0.6) is 0 Å². The predicted octanol–water partition coefficient (Wildman–Crippen LogP) is 3.69. The summed E-state index contributed by atoms with van der Waals surface area (Å²) in [6.45, 7) is -0.124. The number of halogens is 3. The number of nitrogens with zero attached hydrogens (tertiary/aromatic N) is 1. The predicted molar refractivity (Wildman–Crippen MR) is 76.5 cm³/mol. The molecule has 0 N–H and O–H groups in total. The van der Waals surface area contributed by atoms with Crippen molar-refractivity contribution < 1.29 is 4.79 Å². The molecular weight excluding hydrogens is 309 g/mol. The zero-order valence-electron chi connectivity index (χ0n) is 9.57. The van der Waals surface area contributed by atoms with E-state index in [9.17, 15) is 9.59 Å². The molecule has 19 heavy (non-hydrogen) atoms. The van der Waals surface area contributed by atoms with Crippen molar-refractivity contribution in [3.8, 4) is 0 Å². The Morgan fingerprint density at radius 3 is 2.32 bits per heavy atom. The van der Waals surface area contributed by atoms with Crippen molar-refractivity contribution in [3.63, 3.8) is 0 Å². The first-order valence-corrected chi connectivity index (χ1v) is 6.45. The van der Waals surface area contributed by atoms with Gasteiger partial charge in [0.2, 0.25) is 0 Å². The SMILES string of the molecule is O=C(Cn1cc(Cl)cc(Cl)c1=O)c1ccc(Cl)cc1. The van der Waals surface area contributed by atoms with Crippen LogP contribution in [0.2, 0.25) is 15.1 Å². The van der Waals surface area contributed by atoms with Gasteiger partial charge >= 0.3 is 0 Å². The Hall–Kier alpha value is -1.29. The van der Waals surface area contributed by atoms with Crippen LogP contribution >= 0.6 is 34.8 Å². The van der Waals surface area contributed by atoms with Gasteiger partial charge < -0.3 is 4.57 Å². The van der Waals surface area contributed by atoms with Gasteiger partial charge in [-0.05, 0) is 30.3 Å². The first-order chi connectivity index (χ1) is 8.97. The fourth-order valence-electron chi connectivity index (χ4n) is 1.56. The van der Waals surface area contributed by atoms with E-state index in [2.05, 4.69) is 0 Å². The number of hydrogen-bond acceptors (Lipinski definition) is 2. The lowest BCUT2D eigenvalue weighted by atomic mass is 10.1.